The zero-order valence-corrected chi connectivity index (χ0v) is 19.6. The molecule has 0 bridgehead atoms. The molecule has 1 N–H and O–H groups in total. The number of aromatic nitrogens is 5. The van der Waals surface area contributed by atoms with Crippen molar-refractivity contribution >= 4 is 0 Å². The molecule has 0 saturated carbocycles. The predicted octanol–water partition coefficient (Wildman–Crippen LogP) is 4.49. The van der Waals surface area contributed by atoms with Crippen molar-refractivity contribution in [2.45, 2.75) is 78.2 Å². The second kappa shape index (κ2) is 9.23. The Balaban J connectivity index is 1.76. The summed E-state index contributed by atoms with van der Waals surface area (Å²) in [4.78, 5) is 4.12. The minimum absolute atomic E-state index is 0.0352. The monoisotopic (exact) mass is 456 g/mol. The summed E-state index contributed by atoms with van der Waals surface area (Å²) in [6.45, 7) is 10.5. The highest BCUT2D eigenvalue weighted by Gasteiger charge is 2.44. The number of nitrogens with one attached hydrogen (secondary N) is 1. The third-order valence-corrected chi connectivity index (χ3v) is 6.14. The first-order chi connectivity index (χ1) is 15.7. The summed E-state index contributed by atoms with van der Waals surface area (Å²) in [6.07, 6.45) is -1.41. The van der Waals surface area contributed by atoms with Gasteiger partial charge in [-0.1, -0.05) is 23.8 Å². The minimum Gasteiger partial charge on any atom is -0.375 e. The third-order valence-electron chi connectivity index (χ3n) is 6.14. The number of hydrogen-bond donors (Lipinski definition) is 1. The Bertz CT molecular complexity index is 1100. The van der Waals surface area contributed by atoms with Gasteiger partial charge >= 0.3 is 0 Å². The first-order valence-electron chi connectivity index (χ1n) is 11.2. The molecule has 1 aromatic carbocycles. The first kappa shape index (κ1) is 23.4. The largest absolute Gasteiger partial charge is 0.375 e. The molecule has 3 heterocycles. The van der Waals surface area contributed by atoms with Crippen molar-refractivity contribution in [1.29, 1.82) is 0 Å². The van der Waals surface area contributed by atoms with Gasteiger partial charge in [-0.3, -0.25) is 10.3 Å². The van der Waals surface area contributed by atoms with E-state index in [0.29, 0.717) is 30.9 Å². The van der Waals surface area contributed by atoms with E-state index in [4.69, 9.17) is 4.74 Å². The average molecular weight is 457 g/mol. The lowest BCUT2D eigenvalue weighted by Gasteiger charge is -2.42. The van der Waals surface area contributed by atoms with E-state index in [2.05, 4.69) is 58.7 Å². The van der Waals surface area contributed by atoms with E-state index >= 15 is 0 Å². The van der Waals surface area contributed by atoms with Crippen molar-refractivity contribution in [3.05, 3.63) is 64.2 Å². The number of aryl methyl sites for hydroxylation is 3. The van der Waals surface area contributed by atoms with Crippen LogP contribution in [0.3, 0.4) is 0 Å². The molecule has 0 amide bonds. The molecule has 9 heteroatoms. The number of nitrogens with zero attached hydrogens (tertiary/aromatic N) is 5. The summed E-state index contributed by atoms with van der Waals surface area (Å²) < 4.78 is 34.1. The maximum absolute atomic E-state index is 13.2. The zero-order chi connectivity index (χ0) is 23.8. The second-order valence-corrected chi connectivity index (χ2v) is 9.12. The number of halogens is 2. The maximum atomic E-state index is 13.2. The third kappa shape index (κ3) is 4.79. The number of alkyl halides is 2. The van der Waals surface area contributed by atoms with Gasteiger partial charge in [-0.25, -0.2) is 8.78 Å². The van der Waals surface area contributed by atoms with Crippen LogP contribution in [0.2, 0.25) is 0 Å². The molecule has 1 fully saturated rings. The lowest BCUT2D eigenvalue weighted by molar-refractivity contribution is -0.0745. The smallest absolute Gasteiger partial charge is 0.280 e. The van der Waals surface area contributed by atoms with Gasteiger partial charge in [0, 0.05) is 6.54 Å². The Morgan fingerprint density at radius 2 is 1.79 bits per heavy atom. The highest BCUT2D eigenvalue weighted by molar-refractivity contribution is 5.49. The fraction of sp³-hybridized carbons (Fsp3) is 0.500. The average Bonchev–Trinajstić information content (AvgIpc) is 3.21. The Morgan fingerprint density at radius 3 is 2.42 bits per heavy atom. The number of benzene rings is 1. The summed E-state index contributed by atoms with van der Waals surface area (Å²) in [7, 11) is 0. The molecule has 176 valence electrons. The number of tetrazole rings is 1. The number of pyridine rings is 1. The molecule has 1 aliphatic heterocycles. The van der Waals surface area contributed by atoms with Crippen LogP contribution in [-0.4, -0.2) is 37.4 Å². The molecule has 1 aliphatic rings. The Kier molecular flexibility index (Phi) is 6.54. The molecule has 0 spiro atoms. The van der Waals surface area contributed by atoms with Crippen molar-refractivity contribution < 1.29 is 13.5 Å². The van der Waals surface area contributed by atoms with Gasteiger partial charge in [-0.15, -0.1) is 5.10 Å². The zero-order valence-electron chi connectivity index (χ0n) is 19.6. The molecule has 33 heavy (non-hydrogen) atoms. The minimum atomic E-state index is -2.61. The van der Waals surface area contributed by atoms with E-state index in [9.17, 15) is 8.78 Å². The molecule has 1 unspecified atom stereocenters. The molecular formula is C24H30F2N6O. The summed E-state index contributed by atoms with van der Waals surface area (Å²) in [6, 6.07) is 8.92. The summed E-state index contributed by atoms with van der Waals surface area (Å²) in [5, 5.41) is 16.4. The Morgan fingerprint density at radius 1 is 1.12 bits per heavy atom. The van der Waals surface area contributed by atoms with Gasteiger partial charge in [0.05, 0.1) is 29.1 Å². The lowest BCUT2D eigenvalue weighted by Crippen LogP contribution is -2.52. The van der Waals surface area contributed by atoms with Crippen LogP contribution in [-0.2, 0) is 16.8 Å². The van der Waals surface area contributed by atoms with E-state index in [1.807, 2.05) is 18.5 Å². The molecule has 1 saturated heterocycles. The van der Waals surface area contributed by atoms with E-state index < -0.39 is 12.0 Å². The molecule has 7 nitrogen and oxygen atoms in total. The first-order valence-corrected chi connectivity index (χ1v) is 11.2. The number of hydrogen-bond acceptors (Lipinski definition) is 6. The highest BCUT2D eigenvalue weighted by atomic mass is 19.3. The number of ether oxygens (including phenoxy) is 1. The summed E-state index contributed by atoms with van der Waals surface area (Å²) >= 11 is 0. The van der Waals surface area contributed by atoms with Crippen LogP contribution in [0.5, 0.6) is 0 Å². The van der Waals surface area contributed by atoms with Crippen LogP contribution < -0.4 is 5.32 Å². The molecule has 0 aliphatic carbocycles. The van der Waals surface area contributed by atoms with Crippen LogP contribution in [0.25, 0.3) is 5.69 Å². The SMILES string of the molecule is Cc1cc(C)c(-n2nnnc2C2(NCc3cccc(C(F)F)n3)C[C@@H](C)O[C@@H](C)C2)c(C)c1. The molecule has 3 aromatic rings. The van der Waals surface area contributed by atoms with E-state index in [1.54, 1.807) is 12.1 Å². The molecule has 4 rings (SSSR count). The van der Waals surface area contributed by atoms with E-state index in [-0.39, 0.29) is 17.9 Å². The normalized spacial score (nSPS) is 23.3. The van der Waals surface area contributed by atoms with Gasteiger partial charge in [0.25, 0.3) is 6.43 Å². The maximum Gasteiger partial charge on any atom is 0.280 e. The van der Waals surface area contributed by atoms with Gasteiger partial charge < -0.3 is 4.74 Å². The van der Waals surface area contributed by atoms with Gasteiger partial charge in [0.15, 0.2) is 5.82 Å². The van der Waals surface area contributed by atoms with Crippen LogP contribution >= 0.6 is 0 Å². The molecule has 2 aromatic heterocycles. The van der Waals surface area contributed by atoms with Crippen molar-refractivity contribution in [1.82, 2.24) is 30.5 Å². The van der Waals surface area contributed by atoms with Gasteiger partial charge in [0.2, 0.25) is 0 Å². The van der Waals surface area contributed by atoms with Crippen LogP contribution in [0.15, 0.2) is 30.3 Å². The fourth-order valence-corrected chi connectivity index (χ4v) is 5.08. The molecule has 3 atom stereocenters. The quantitative estimate of drug-likeness (QED) is 0.589. The van der Waals surface area contributed by atoms with Gasteiger partial charge in [-0.2, -0.15) is 4.68 Å². The topological polar surface area (TPSA) is 77.8 Å². The van der Waals surface area contributed by atoms with Crippen molar-refractivity contribution in [3.63, 3.8) is 0 Å². The molecular weight excluding hydrogens is 426 g/mol. The molecule has 0 radical (unpaired) electrons. The van der Waals surface area contributed by atoms with Crippen molar-refractivity contribution in [3.8, 4) is 5.69 Å². The second-order valence-electron chi connectivity index (χ2n) is 9.12. The van der Waals surface area contributed by atoms with Crippen LogP contribution in [0.4, 0.5) is 8.78 Å². The van der Waals surface area contributed by atoms with E-state index in [0.717, 1.165) is 16.8 Å². The Labute approximate surface area is 192 Å². The van der Waals surface area contributed by atoms with Crippen LogP contribution in [0, 0.1) is 20.8 Å². The summed E-state index contributed by atoms with van der Waals surface area (Å²) in [5.41, 5.74) is 3.98. The standard InChI is InChI=1S/C24H30F2N6O/c1-14-9-15(2)21(16(3)10-14)32-23(29-30-31-32)24(11-17(4)33-18(5)12-24)27-13-19-7-6-8-20(28-19)22(25)26/h6-10,17-18,22,27H,11-13H2,1-5H3/t17-,18+,24?. The van der Waals surface area contributed by atoms with Gasteiger partial charge in [-0.05, 0) is 81.1 Å². The van der Waals surface area contributed by atoms with Crippen molar-refractivity contribution in [2.75, 3.05) is 0 Å². The van der Waals surface area contributed by atoms with Crippen LogP contribution in [0.1, 0.15) is 67.0 Å². The van der Waals surface area contributed by atoms with Gasteiger partial charge in [0.1, 0.15) is 5.69 Å². The predicted molar refractivity (Wildman–Crippen MR) is 120 cm³/mol. The lowest BCUT2D eigenvalue weighted by atomic mass is 9.82. The number of rotatable bonds is 6. The fourth-order valence-electron chi connectivity index (χ4n) is 5.08. The summed E-state index contributed by atoms with van der Waals surface area (Å²) in [5.74, 6) is 0.685. The van der Waals surface area contributed by atoms with Crippen molar-refractivity contribution in [2.24, 2.45) is 0 Å². The Hall–Kier alpha value is -2.78. The van der Waals surface area contributed by atoms with E-state index in [1.165, 1.54) is 11.6 Å². The highest BCUT2D eigenvalue weighted by Crippen LogP contribution is 2.38.